The molecule has 1 fully saturated rings. The van der Waals surface area contributed by atoms with E-state index in [0.29, 0.717) is 6.42 Å². The Hall–Kier alpha value is -5.16. The molecule has 1 N–H and O–H groups in total. The highest BCUT2D eigenvalue weighted by atomic mass is 16.7. The van der Waals surface area contributed by atoms with Crippen molar-refractivity contribution in [1.82, 2.24) is 5.32 Å². The lowest BCUT2D eigenvalue weighted by molar-refractivity contribution is -0.323. The lowest BCUT2D eigenvalue weighted by Crippen LogP contribution is -2.63. The summed E-state index contributed by atoms with van der Waals surface area (Å²) in [5.41, 5.74) is 4.75. The Morgan fingerprint density at radius 3 is 1.36 bits per heavy atom. The first-order valence-corrected chi connectivity index (χ1v) is 18.8. The van der Waals surface area contributed by atoms with Crippen LogP contribution in [0.3, 0.4) is 0 Å². The van der Waals surface area contributed by atoms with E-state index >= 15 is 0 Å². The van der Waals surface area contributed by atoms with Gasteiger partial charge in [0.1, 0.15) is 18.3 Å². The summed E-state index contributed by atoms with van der Waals surface area (Å²) in [6.07, 6.45) is -5.62. The summed E-state index contributed by atoms with van der Waals surface area (Å²) in [6, 6.07) is 48.5. The first-order chi connectivity index (χ1) is 26.9. The maximum atomic E-state index is 14.3. The van der Waals surface area contributed by atoms with E-state index < -0.39 is 48.7 Å². The average molecular weight is 744 g/mol. The van der Waals surface area contributed by atoms with Crippen LogP contribution in [0.15, 0.2) is 152 Å². The Morgan fingerprint density at radius 1 is 0.527 bits per heavy atom. The highest BCUT2D eigenvalue weighted by Gasteiger charge is 2.52. The van der Waals surface area contributed by atoms with Crippen molar-refractivity contribution in [1.29, 1.82) is 0 Å². The van der Waals surface area contributed by atoms with Crippen LogP contribution in [-0.4, -0.2) is 54.7 Å². The summed E-state index contributed by atoms with van der Waals surface area (Å²) >= 11 is 0. The lowest BCUT2D eigenvalue weighted by Gasteiger charge is -2.45. The molecule has 5 unspecified atom stereocenters. The maximum absolute atomic E-state index is 14.3. The van der Waals surface area contributed by atoms with Gasteiger partial charge in [0.2, 0.25) is 0 Å². The number of carbonyl (C=O) groups excluding carboxylic acids is 2. The predicted molar refractivity (Wildman–Crippen MR) is 208 cm³/mol. The Balaban J connectivity index is 1.28. The zero-order chi connectivity index (χ0) is 38.2. The van der Waals surface area contributed by atoms with Crippen molar-refractivity contribution in [2.24, 2.45) is 0 Å². The molecule has 1 aliphatic rings. The Bertz CT molecular complexity index is 1860. The van der Waals surface area contributed by atoms with Crippen molar-refractivity contribution < 1.29 is 38.0 Å². The van der Waals surface area contributed by atoms with Crippen LogP contribution in [0.25, 0.3) is 0 Å². The number of amides is 1. The minimum absolute atomic E-state index is 0.151. The molecule has 0 aromatic heterocycles. The number of hydrogen-bond acceptors (Lipinski definition) is 8. The number of benzene rings is 5. The monoisotopic (exact) mass is 743 g/mol. The number of ether oxygens (including phenoxy) is 6. The summed E-state index contributed by atoms with van der Waals surface area (Å²) < 4.78 is 38.7. The molecule has 286 valence electrons. The number of rotatable bonds is 18. The third-order valence-corrected chi connectivity index (χ3v) is 9.28. The van der Waals surface area contributed by atoms with Crippen molar-refractivity contribution in [3.63, 3.8) is 0 Å². The van der Waals surface area contributed by atoms with Crippen molar-refractivity contribution >= 4 is 11.9 Å². The molecule has 6 rings (SSSR count). The molecule has 1 saturated heterocycles. The third kappa shape index (κ3) is 11.9. The molecule has 5 aromatic carbocycles. The average Bonchev–Trinajstić information content (AvgIpc) is 3.22. The molecule has 1 aliphatic heterocycles. The summed E-state index contributed by atoms with van der Waals surface area (Å²) in [7, 11) is 0. The van der Waals surface area contributed by atoms with E-state index in [2.05, 4.69) is 5.32 Å². The highest BCUT2D eigenvalue weighted by molar-refractivity contribution is 5.85. The fourth-order valence-electron chi connectivity index (χ4n) is 6.41. The topological polar surface area (TPSA) is 102 Å². The number of nitrogens with one attached hydrogen (secondary N) is 1. The predicted octanol–water partition coefficient (Wildman–Crippen LogP) is 7.36. The van der Waals surface area contributed by atoms with Crippen LogP contribution in [0.4, 0.5) is 0 Å². The van der Waals surface area contributed by atoms with Gasteiger partial charge in [0.25, 0.3) is 5.91 Å². The van der Waals surface area contributed by atoms with Gasteiger partial charge in [0, 0.05) is 6.04 Å². The molecular weight excluding hydrogens is 695 g/mol. The van der Waals surface area contributed by atoms with Gasteiger partial charge in [-0.15, -0.1) is 0 Å². The smallest absolute Gasteiger partial charge is 0.339 e. The van der Waals surface area contributed by atoms with Crippen molar-refractivity contribution in [2.75, 3.05) is 0 Å². The summed E-state index contributed by atoms with van der Waals surface area (Å²) in [6.45, 7) is 4.21. The van der Waals surface area contributed by atoms with E-state index in [1.807, 2.05) is 159 Å². The second-order valence-electron chi connectivity index (χ2n) is 13.7. The Kier molecular flexibility index (Phi) is 14.7. The summed E-state index contributed by atoms with van der Waals surface area (Å²) in [5, 5.41) is 2.97. The summed E-state index contributed by atoms with van der Waals surface area (Å²) in [5.74, 6) is -1.20. The van der Waals surface area contributed by atoms with Gasteiger partial charge in [0.15, 0.2) is 18.5 Å². The zero-order valence-corrected chi connectivity index (χ0v) is 31.3. The standard InChI is InChI=1S/C46H49NO8/c1-33(28-35-18-8-3-9-19-35)47-44(48)34(2)54-45(49)42-40(50-29-36-20-10-4-11-21-36)41(51-30-37-22-12-5-13-23-37)43(52-31-38-24-14-6-15-25-38)46(55-42)53-32-39-26-16-7-17-27-39/h3-27,33-34,40-43,46H,28-32H2,1-2H3,(H,47,48)/t33-,34-,40?,41?,42?,43?,46?/m0/s1. The van der Waals surface area contributed by atoms with E-state index in [4.69, 9.17) is 28.4 Å². The molecule has 0 bridgehead atoms. The molecule has 9 heteroatoms. The van der Waals surface area contributed by atoms with Crippen LogP contribution < -0.4 is 5.32 Å². The molecule has 0 spiro atoms. The van der Waals surface area contributed by atoms with Crippen molar-refractivity contribution in [3.05, 3.63) is 179 Å². The Morgan fingerprint density at radius 2 is 0.909 bits per heavy atom. The zero-order valence-electron chi connectivity index (χ0n) is 31.3. The summed E-state index contributed by atoms with van der Waals surface area (Å²) in [4.78, 5) is 27.6. The second-order valence-corrected chi connectivity index (χ2v) is 13.7. The van der Waals surface area contributed by atoms with Gasteiger partial charge in [-0.05, 0) is 48.1 Å². The van der Waals surface area contributed by atoms with Gasteiger partial charge < -0.3 is 33.7 Å². The molecule has 9 nitrogen and oxygen atoms in total. The van der Waals surface area contributed by atoms with Crippen molar-refractivity contribution in [3.8, 4) is 0 Å². The number of esters is 1. The van der Waals surface area contributed by atoms with Gasteiger partial charge >= 0.3 is 5.97 Å². The SMILES string of the molecule is C[C@H](OC(=O)C1OC(OCc2ccccc2)C(OCc2ccccc2)C(OCc2ccccc2)C1OCc1ccccc1)C(=O)N[C@@H](C)Cc1ccccc1. The van der Waals surface area contributed by atoms with Crippen LogP contribution in [0.5, 0.6) is 0 Å². The maximum Gasteiger partial charge on any atom is 0.339 e. The second kappa shape index (κ2) is 20.5. The number of carbonyl (C=O) groups is 2. The van der Waals surface area contributed by atoms with E-state index in [-0.39, 0.29) is 32.5 Å². The van der Waals surface area contributed by atoms with Gasteiger partial charge in [0.05, 0.1) is 26.4 Å². The molecular formula is C46H49NO8. The first kappa shape index (κ1) is 39.5. The van der Waals surface area contributed by atoms with E-state index in [9.17, 15) is 9.59 Å². The van der Waals surface area contributed by atoms with Crippen molar-refractivity contribution in [2.45, 2.75) is 89.5 Å². The first-order valence-electron chi connectivity index (χ1n) is 18.8. The molecule has 1 amide bonds. The molecule has 0 saturated carbocycles. The van der Waals surface area contributed by atoms with Crippen LogP contribution >= 0.6 is 0 Å². The van der Waals surface area contributed by atoms with E-state index in [1.54, 1.807) is 6.92 Å². The van der Waals surface area contributed by atoms with Crippen LogP contribution in [0, 0.1) is 0 Å². The molecule has 5 aromatic rings. The molecule has 7 atom stereocenters. The van der Waals surface area contributed by atoms with Crippen LogP contribution in [0.1, 0.15) is 41.7 Å². The van der Waals surface area contributed by atoms with Gasteiger partial charge in [-0.3, -0.25) is 4.79 Å². The largest absolute Gasteiger partial charge is 0.451 e. The van der Waals surface area contributed by atoms with Crippen LogP contribution in [-0.2, 0) is 70.9 Å². The normalized spacial score (nSPS) is 20.6. The van der Waals surface area contributed by atoms with Crippen LogP contribution in [0.2, 0.25) is 0 Å². The minimum atomic E-state index is -1.33. The van der Waals surface area contributed by atoms with E-state index in [1.165, 1.54) is 0 Å². The quantitative estimate of drug-likeness (QED) is 0.0930. The third-order valence-electron chi connectivity index (χ3n) is 9.28. The van der Waals surface area contributed by atoms with Gasteiger partial charge in [-0.2, -0.15) is 0 Å². The number of hydrogen-bond donors (Lipinski definition) is 1. The van der Waals surface area contributed by atoms with Gasteiger partial charge in [-0.25, -0.2) is 4.79 Å². The molecule has 0 aliphatic carbocycles. The molecule has 0 radical (unpaired) electrons. The fraction of sp³-hybridized carbons (Fsp3) is 0.304. The fourth-order valence-corrected chi connectivity index (χ4v) is 6.41. The molecule has 1 heterocycles. The molecule has 55 heavy (non-hydrogen) atoms. The minimum Gasteiger partial charge on any atom is -0.451 e. The van der Waals surface area contributed by atoms with E-state index in [0.717, 1.165) is 27.8 Å². The highest BCUT2D eigenvalue weighted by Crippen LogP contribution is 2.32. The Labute approximate surface area is 323 Å². The lowest BCUT2D eigenvalue weighted by atomic mass is 9.97. The van der Waals surface area contributed by atoms with Gasteiger partial charge in [-0.1, -0.05) is 152 Å².